The summed E-state index contributed by atoms with van der Waals surface area (Å²) in [6.45, 7) is 6.11. The van der Waals surface area contributed by atoms with Crippen LogP contribution in [-0.2, 0) is 15.1 Å². The summed E-state index contributed by atoms with van der Waals surface area (Å²) in [6.07, 6.45) is 4.36. The van der Waals surface area contributed by atoms with Crippen LogP contribution in [0.25, 0.3) is 0 Å². The minimum atomic E-state index is -0.452. The number of hydrogen-bond acceptors (Lipinski definition) is 5. The van der Waals surface area contributed by atoms with Gasteiger partial charge in [-0.3, -0.25) is 4.79 Å². The van der Waals surface area contributed by atoms with Gasteiger partial charge in [-0.2, -0.15) is 4.98 Å². The molecule has 6 nitrogen and oxygen atoms in total. The molecule has 1 aliphatic carbocycles. The minimum Gasteiger partial charge on any atom is -0.378 e. The maximum atomic E-state index is 12.1. The average Bonchev–Trinajstić information content (AvgIpc) is 2.98. The normalized spacial score (nSPS) is 17.6. The highest BCUT2D eigenvalue weighted by molar-refractivity contribution is 5.77. The minimum absolute atomic E-state index is 0.0185. The van der Waals surface area contributed by atoms with E-state index in [1.54, 1.807) is 6.92 Å². The van der Waals surface area contributed by atoms with Gasteiger partial charge in [-0.15, -0.1) is 0 Å². The van der Waals surface area contributed by atoms with Gasteiger partial charge in [0.25, 0.3) is 0 Å². The van der Waals surface area contributed by atoms with Crippen molar-refractivity contribution in [2.24, 2.45) is 0 Å². The maximum Gasteiger partial charge on any atom is 0.223 e. The summed E-state index contributed by atoms with van der Waals surface area (Å²) < 4.78 is 10.5. The van der Waals surface area contributed by atoms with Crippen LogP contribution in [0.15, 0.2) is 4.52 Å². The number of ether oxygens (including phenoxy) is 1. The Balaban J connectivity index is 1.97. The Bertz CT molecular complexity index is 450. The predicted molar refractivity (Wildman–Crippen MR) is 73.0 cm³/mol. The van der Waals surface area contributed by atoms with Crippen LogP contribution < -0.4 is 5.32 Å². The third-order valence-electron chi connectivity index (χ3n) is 3.57. The number of nitrogens with zero attached hydrogens (tertiary/aromatic N) is 2. The highest BCUT2D eigenvalue weighted by atomic mass is 16.5. The lowest BCUT2D eigenvalue weighted by molar-refractivity contribution is -0.124. The molecule has 1 fully saturated rings. The molecule has 0 saturated heterocycles. The number of aryl methyl sites for hydroxylation is 1. The van der Waals surface area contributed by atoms with Gasteiger partial charge in [-0.1, -0.05) is 18.0 Å². The molecule has 0 aromatic carbocycles. The zero-order valence-corrected chi connectivity index (χ0v) is 12.4. The molecule has 6 heteroatoms. The monoisotopic (exact) mass is 281 g/mol. The summed E-state index contributed by atoms with van der Waals surface area (Å²) in [5.41, 5.74) is -0.452. The van der Waals surface area contributed by atoms with Crippen molar-refractivity contribution in [2.75, 3.05) is 6.61 Å². The van der Waals surface area contributed by atoms with E-state index in [2.05, 4.69) is 15.5 Å². The second-order valence-corrected chi connectivity index (χ2v) is 5.64. The largest absolute Gasteiger partial charge is 0.378 e. The lowest BCUT2D eigenvalue weighted by Gasteiger charge is -2.26. The average molecular weight is 281 g/mol. The van der Waals surface area contributed by atoms with Crippen molar-refractivity contribution in [1.82, 2.24) is 15.5 Å². The van der Waals surface area contributed by atoms with Crippen LogP contribution in [0.3, 0.4) is 0 Å². The highest BCUT2D eigenvalue weighted by Gasteiger charge is 2.41. The molecule has 1 heterocycles. The number of aromatic nitrogens is 2. The molecule has 2 rings (SSSR count). The Morgan fingerprint density at radius 3 is 2.70 bits per heavy atom. The molecule has 0 aliphatic heterocycles. The Labute approximate surface area is 119 Å². The lowest BCUT2D eigenvalue weighted by atomic mass is 9.96. The van der Waals surface area contributed by atoms with E-state index in [0.717, 1.165) is 25.7 Å². The van der Waals surface area contributed by atoms with E-state index < -0.39 is 5.54 Å². The zero-order chi connectivity index (χ0) is 14.6. The fraction of sp³-hybridized carbons (Fsp3) is 0.786. The standard InChI is InChI=1S/C14H23N3O3/c1-10(2)19-9-6-12(18)16-14(7-4-5-8-14)13-15-11(3)20-17-13/h10H,4-9H2,1-3H3,(H,16,18). The van der Waals surface area contributed by atoms with Crippen LogP contribution in [0.5, 0.6) is 0 Å². The smallest absolute Gasteiger partial charge is 0.223 e. The number of amides is 1. The van der Waals surface area contributed by atoms with Gasteiger partial charge >= 0.3 is 0 Å². The lowest BCUT2D eigenvalue weighted by Crippen LogP contribution is -2.45. The molecule has 1 amide bonds. The van der Waals surface area contributed by atoms with Gasteiger partial charge in [0.1, 0.15) is 5.54 Å². The topological polar surface area (TPSA) is 77.2 Å². The Kier molecular flexibility index (Phi) is 4.75. The van der Waals surface area contributed by atoms with Crippen molar-refractivity contribution in [1.29, 1.82) is 0 Å². The van der Waals surface area contributed by atoms with E-state index in [-0.39, 0.29) is 12.0 Å². The van der Waals surface area contributed by atoms with Crippen LogP contribution in [0.1, 0.15) is 57.7 Å². The van der Waals surface area contributed by atoms with Crippen molar-refractivity contribution in [2.45, 2.75) is 64.5 Å². The molecule has 1 aromatic heterocycles. The molecule has 0 radical (unpaired) electrons. The van der Waals surface area contributed by atoms with Crippen molar-refractivity contribution >= 4 is 5.91 Å². The van der Waals surface area contributed by atoms with E-state index in [0.29, 0.717) is 24.7 Å². The first-order valence-corrected chi connectivity index (χ1v) is 7.25. The van der Waals surface area contributed by atoms with E-state index in [1.807, 2.05) is 13.8 Å². The quantitative estimate of drug-likeness (QED) is 0.863. The fourth-order valence-corrected chi connectivity index (χ4v) is 2.59. The van der Waals surface area contributed by atoms with Gasteiger partial charge in [0.15, 0.2) is 5.82 Å². The van der Waals surface area contributed by atoms with E-state index in [4.69, 9.17) is 9.26 Å². The molecule has 0 atom stereocenters. The van der Waals surface area contributed by atoms with E-state index in [9.17, 15) is 4.79 Å². The Morgan fingerprint density at radius 1 is 1.45 bits per heavy atom. The molecule has 1 aromatic rings. The molecule has 1 N–H and O–H groups in total. The molecule has 20 heavy (non-hydrogen) atoms. The van der Waals surface area contributed by atoms with Gasteiger partial charge in [-0.05, 0) is 26.7 Å². The second kappa shape index (κ2) is 6.35. The molecule has 0 bridgehead atoms. The zero-order valence-electron chi connectivity index (χ0n) is 12.4. The van der Waals surface area contributed by atoms with Crippen molar-refractivity contribution < 1.29 is 14.1 Å². The highest BCUT2D eigenvalue weighted by Crippen LogP contribution is 2.37. The van der Waals surface area contributed by atoms with Crippen molar-refractivity contribution in [3.05, 3.63) is 11.7 Å². The van der Waals surface area contributed by atoms with Crippen LogP contribution >= 0.6 is 0 Å². The summed E-state index contributed by atoms with van der Waals surface area (Å²) >= 11 is 0. The third kappa shape index (κ3) is 3.56. The molecule has 112 valence electrons. The van der Waals surface area contributed by atoms with Crippen LogP contribution in [-0.4, -0.2) is 28.8 Å². The Morgan fingerprint density at radius 2 is 2.15 bits per heavy atom. The van der Waals surface area contributed by atoms with Crippen molar-refractivity contribution in [3.63, 3.8) is 0 Å². The first-order chi connectivity index (χ1) is 9.52. The molecular weight excluding hydrogens is 258 g/mol. The maximum absolute atomic E-state index is 12.1. The summed E-state index contributed by atoms with van der Waals surface area (Å²) in [4.78, 5) is 16.4. The summed E-state index contributed by atoms with van der Waals surface area (Å²) in [7, 11) is 0. The summed E-state index contributed by atoms with van der Waals surface area (Å²) in [5.74, 6) is 1.12. The molecule has 0 unspecified atom stereocenters. The van der Waals surface area contributed by atoms with Crippen LogP contribution in [0.2, 0.25) is 0 Å². The second-order valence-electron chi connectivity index (χ2n) is 5.64. The molecule has 1 aliphatic rings. The fourth-order valence-electron chi connectivity index (χ4n) is 2.59. The third-order valence-corrected chi connectivity index (χ3v) is 3.57. The first kappa shape index (κ1) is 15.0. The number of carbonyl (C=O) groups is 1. The van der Waals surface area contributed by atoms with E-state index in [1.165, 1.54) is 0 Å². The van der Waals surface area contributed by atoms with E-state index >= 15 is 0 Å². The van der Waals surface area contributed by atoms with Gasteiger partial charge in [-0.25, -0.2) is 0 Å². The molecular formula is C14H23N3O3. The number of hydrogen-bond donors (Lipinski definition) is 1. The molecule has 0 spiro atoms. The number of carbonyl (C=O) groups excluding carboxylic acids is 1. The molecule has 1 saturated carbocycles. The van der Waals surface area contributed by atoms with Crippen LogP contribution in [0, 0.1) is 6.92 Å². The van der Waals surface area contributed by atoms with Gasteiger partial charge < -0.3 is 14.6 Å². The van der Waals surface area contributed by atoms with Gasteiger partial charge in [0, 0.05) is 13.3 Å². The summed E-state index contributed by atoms with van der Waals surface area (Å²) in [6, 6.07) is 0. The predicted octanol–water partition coefficient (Wildman–Crippen LogP) is 2.08. The SMILES string of the molecule is Cc1nc(C2(NC(=O)CCOC(C)C)CCCC2)no1. The first-order valence-electron chi connectivity index (χ1n) is 7.25. The van der Waals surface area contributed by atoms with Crippen LogP contribution in [0.4, 0.5) is 0 Å². The van der Waals surface area contributed by atoms with Gasteiger partial charge in [0.2, 0.25) is 11.8 Å². The van der Waals surface area contributed by atoms with Gasteiger partial charge in [0.05, 0.1) is 12.7 Å². The van der Waals surface area contributed by atoms with Crippen molar-refractivity contribution in [3.8, 4) is 0 Å². The summed E-state index contributed by atoms with van der Waals surface area (Å²) in [5, 5.41) is 7.09. The number of nitrogens with one attached hydrogen (secondary N) is 1. The number of rotatable bonds is 6. The Hall–Kier alpha value is -1.43.